The van der Waals surface area contributed by atoms with E-state index in [2.05, 4.69) is 5.32 Å². The highest BCUT2D eigenvalue weighted by molar-refractivity contribution is 8.76. The van der Waals surface area contributed by atoms with Gasteiger partial charge in [-0.25, -0.2) is 0 Å². The standard InChI is InChI=1S/C8H15N3O2S2/c9-1-7(12)6-4-15-14-3-5(10)8(13)2-11-6/h5-6,11H,1-4,9-10H2/t5-,6-/m0/s1. The van der Waals surface area contributed by atoms with Crippen molar-refractivity contribution in [2.45, 2.75) is 12.1 Å². The second kappa shape index (κ2) is 6.49. The lowest BCUT2D eigenvalue weighted by Crippen LogP contribution is -2.46. The van der Waals surface area contributed by atoms with Crippen LogP contribution in [0.5, 0.6) is 0 Å². The molecule has 1 aliphatic heterocycles. The van der Waals surface area contributed by atoms with E-state index in [1.54, 1.807) is 10.8 Å². The molecular formula is C8H15N3O2S2. The summed E-state index contributed by atoms with van der Waals surface area (Å²) < 4.78 is 0. The van der Waals surface area contributed by atoms with E-state index in [0.717, 1.165) is 0 Å². The van der Waals surface area contributed by atoms with Gasteiger partial charge in [-0.1, -0.05) is 21.6 Å². The second-order valence-electron chi connectivity index (χ2n) is 3.25. The SMILES string of the molecule is NCC(=O)[C@@H]1CSSC[C@H](N)C(=O)CN1. The molecule has 86 valence electrons. The van der Waals surface area contributed by atoms with Crippen molar-refractivity contribution in [1.29, 1.82) is 0 Å². The molecule has 0 aromatic carbocycles. The highest BCUT2D eigenvalue weighted by atomic mass is 33.1. The summed E-state index contributed by atoms with van der Waals surface area (Å²) in [6, 6.07) is -0.775. The molecule has 0 aromatic rings. The molecule has 0 unspecified atom stereocenters. The molecule has 5 nitrogen and oxygen atoms in total. The van der Waals surface area contributed by atoms with Crippen LogP contribution in [0.2, 0.25) is 0 Å². The molecule has 1 rings (SSSR count). The van der Waals surface area contributed by atoms with Gasteiger partial charge in [-0.2, -0.15) is 0 Å². The van der Waals surface area contributed by atoms with Crippen molar-refractivity contribution in [2.75, 3.05) is 24.6 Å². The quantitative estimate of drug-likeness (QED) is 0.527. The molecule has 0 saturated carbocycles. The van der Waals surface area contributed by atoms with Crippen LogP contribution in [0.1, 0.15) is 0 Å². The molecule has 7 heteroatoms. The largest absolute Gasteiger partial charge is 0.324 e. The first-order valence-corrected chi connectivity index (χ1v) is 7.13. The van der Waals surface area contributed by atoms with E-state index in [1.165, 1.54) is 10.8 Å². The van der Waals surface area contributed by atoms with Gasteiger partial charge in [0, 0.05) is 11.5 Å². The normalized spacial score (nSPS) is 29.1. The Labute approximate surface area is 96.5 Å². The predicted octanol–water partition coefficient (Wildman–Crippen LogP) is -1.24. The van der Waals surface area contributed by atoms with Crippen molar-refractivity contribution in [3.8, 4) is 0 Å². The Morgan fingerprint density at radius 1 is 1.47 bits per heavy atom. The van der Waals surface area contributed by atoms with Crippen LogP contribution in [0.15, 0.2) is 0 Å². The highest BCUT2D eigenvalue weighted by Gasteiger charge is 2.22. The zero-order valence-electron chi connectivity index (χ0n) is 8.27. The molecule has 0 aromatic heterocycles. The number of carbonyl (C=O) groups is 2. The molecule has 5 N–H and O–H groups in total. The first-order valence-electron chi connectivity index (χ1n) is 4.64. The van der Waals surface area contributed by atoms with Crippen LogP contribution in [-0.2, 0) is 9.59 Å². The van der Waals surface area contributed by atoms with Gasteiger partial charge < -0.3 is 11.5 Å². The number of Topliss-reactive ketones (excluding diaryl/α,β-unsaturated/α-hetero) is 2. The van der Waals surface area contributed by atoms with Crippen molar-refractivity contribution in [3.63, 3.8) is 0 Å². The maximum Gasteiger partial charge on any atom is 0.164 e. The van der Waals surface area contributed by atoms with E-state index < -0.39 is 6.04 Å². The van der Waals surface area contributed by atoms with Gasteiger partial charge in [-0.15, -0.1) is 0 Å². The van der Waals surface area contributed by atoms with Crippen molar-refractivity contribution in [3.05, 3.63) is 0 Å². The summed E-state index contributed by atoms with van der Waals surface area (Å²) in [6.45, 7) is 0.155. The fraction of sp³-hybridized carbons (Fsp3) is 0.750. The molecule has 0 aliphatic carbocycles. The Kier molecular flexibility index (Phi) is 5.62. The average molecular weight is 249 g/mol. The first kappa shape index (κ1) is 13.0. The Morgan fingerprint density at radius 2 is 2.13 bits per heavy atom. The number of nitrogens with one attached hydrogen (secondary N) is 1. The lowest BCUT2D eigenvalue weighted by molar-refractivity contribution is -0.120. The lowest BCUT2D eigenvalue weighted by atomic mass is 10.2. The van der Waals surface area contributed by atoms with E-state index in [0.29, 0.717) is 11.5 Å². The predicted molar refractivity (Wildman–Crippen MR) is 63.8 cm³/mol. The van der Waals surface area contributed by atoms with Gasteiger partial charge in [0.1, 0.15) is 0 Å². The van der Waals surface area contributed by atoms with Gasteiger partial charge in [-0.05, 0) is 0 Å². The van der Waals surface area contributed by atoms with Crippen molar-refractivity contribution in [2.24, 2.45) is 11.5 Å². The van der Waals surface area contributed by atoms with Crippen molar-refractivity contribution < 1.29 is 9.59 Å². The first-order chi connectivity index (χ1) is 7.15. The molecule has 0 radical (unpaired) electrons. The van der Waals surface area contributed by atoms with E-state index in [9.17, 15) is 9.59 Å². The van der Waals surface area contributed by atoms with E-state index in [4.69, 9.17) is 11.5 Å². The Morgan fingerprint density at radius 3 is 2.80 bits per heavy atom. The Balaban J connectivity index is 2.55. The van der Waals surface area contributed by atoms with Gasteiger partial charge in [0.25, 0.3) is 0 Å². The van der Waals surface area contributed by atoms with Crippen LogP contribution >= 0.6 is 21.6 Å². The summed E-state index contributed by atoms with van der Waals surface area (Å²) >= 11 is 0. The summed E-state index contributed by atoms with van der Waals surface area (Å²) in [5, 5.41) is 2.90. The maximum atomic E-state index is 11.4. The molecule has 1 heterocycles. The second-order valence-corrected chi connectivity index (χ2v) is 5.80. The molecule has 1 fully saturated rings. The zero-order chi connectivity index (χ0) is 11.3. The molecule has 1 saturated heterocycles. The maximum absolute atomic E-state index is 11.4. The van der Waals surface area contributed by atoms with Gasteiger partial charge in [0.2, 0.25) is 0 Å². The Hall–Kier alpha value is -0.0800. The van der Waals surface area contributed by atoms with Gasteiger partial charge in [-0.3, -0.25) is 14.9 Å². The molecule has 0 bridgehead atoms. The zero-order valence-corrected chi connectivity index (χ0v) is 9.90. The van der Waals surface area contributed by atoms with E-state index in [-0.39, 0.29) is 30.7 Å². The van der Waals surface area contributed by atoms with Crippen LogP contribution in [0.3, 0.4) is 0 Å². The summed E-state index contributed by atoms with van der Waals surface area (Å²) in [4.78, 5) is 22.8. The highest BCUT2D eigenvalue weighted by Crippen LogP contribution is 2.23. The Bertz CT molecular complexity index is 250. The third-order valence-electron chi connectivity index (χ3n) is 2.09. The number of hydrogen-bond donors (Lipinski definition) is 3. The minimum atomic E-state index is -0.443. The molecule has 0 spiro atoms. The summed E-state index contributed by atoms with van der Waals surface area (Å²) in [7, 11) is 3.07. The van der Waals surface area contributed by atoms with Gasteiger partial charge >= 0.3 is 0 Å². The third kappa shape index (κ3) is 4.12. The third-order valence-corrected chi connectivity index (χ3v) is 4.54. The summed E-state index contributed by atoms with van der Waals surface area (Å²) in [6.07, 6.45) is 0. The van der Waals surface area contributed by atoms with Crippen LogP contribution in [0.4, 0.5) is 0 Å². The van der Waals surface area contributed by atoms with Crippen LogP contribution in [0.25, 0.3) is 0 Å². The van der Waals surface area contributed by atoms with Gasteiger partial charge in [0.15, 0.2) is 11.6 Å². The minimum absolute atomic E-state index is 0.00311. The molecular weight excluding hydrogens is 234 g/mol. The van der Waals surface area contributed by atoms with Crippen LogP contribution < -0.4 is 16.8 Å². The monoisotopic (exact) mass is 249 g/mol. The number of nitrogens with two attached hydrogens (primary N) is 2. The average Bonchev–Trinajstić information content (AvgIpc) is 2.32. The lowest BCUT2D eigenvalue weighted by Gasteiger charge is -2.14. The number of ketones is 2. The fourth-order valence-electron chi connectivity index (χ4n) is 1.09. The van der Waals surface area contributed by atoms with Crippen LogP contribution in [-0.4, -0.2) is 48.2 Å². The van der Waals surface area contributed by atoms with E-state index >= 15 is 0 Å². The molecule has 15 heavy (non-hydrogen) atoms. The van der Waals surface area contributed by atoms with Crippen molar-refractivity contribution in [1.82, 2.24) is 5.32 Å². The van der Waals surface area contributed by atoms with Crippen LogP contribution in [0, 0.1) is 0 Å². The topological polar surface area (TPSA) is 98.2 Å². The fourth-order valence-corrected chi connectivity index (χ4v) is 3.48. The van der Waals surface area contributed by atoms with Gasteiger partial charge in [0.05, 0.1) is 25.2 Å². The molecule has 1 aliphatic rings. The van der Waals surface area contributed by atoms with Crippen molar-refractivity contribution >= 4 is 33.2 Å². The number of carbonyl (C=O) groups excluding carboxylic acids is 2. The summed E-state index contributed by atoms with van der Waals surface area (Å²) in [5.41, 5.74) is 10.9. The molecule has 2 atom stereocenters. The summed E-state index contributed by atoms with van der Waals surface area (Å²) in [5.74, 6) is 1.10. The minimum Gasteiger partial charge on any atom is -0.324 e. The molecule has 0 amide bonds. The number of rotatable bonds is 2. The smallest absolute Gasteiger partial charge is 0.164 e. The number of hydrogen-bond acceptors (Lipinski definition) is 7. The van der Waals surface area contributed by atoms with E-state index in [1.807, 2.05) is 0 Å².